The van der Waals surface area contributed by atoms with Crippen LogP contribution in [0.4, 0.5) is 4.39 Å². The van der Waals surface area contributed by atoms with Crippen molar-refractivity contribution in [2.45, 2.75) is 6.61 Å². The highest BCUT2D eigenvalue weighted by Gasteiger charge is 2.09. The van der Waals surface area contributed by atoms with Gasteiger partial charge < -0.3 is 14.3 Å². The van der Waals surface area contributed by atoms with E-state index in [1.54, 1.807) is 6.07 Å². The molecular formula is C12H8BrFO4. The lowest BCUT2D eigenvalue weighted by atomic mass is 10.3. The molecule has 6 heteroatoms. The fourth-order valence-electron chi connectivity index (χ4n) is 1.29. The molecule has 0 amide bonds. The van der Waals surface area contributed by atoms with Crippen molar-refractivity contribution in [3.05, 3.63) is 52.1 Å². The topological polar surface area (TPSA) is 59.7 Å². The molecule has 1 N–H and O–H groups in total. The molecule has 0 spiro atoms. The largest absolute Gasteiger partial charge is 0.486 e. The average molecular weight is 315 g/mol. The molecule has 0 radical (unpaired) electrons. The lowest BCUT2D eigenvalue weighted by Crippen LogP contribution is -1.95. The van der Waals surface area contributed by atoms with Crippen LogP contribution < -0.4 is 4.74 Å². The number of hydrogen-bond acceptors (Lipinski definition) is 3. The minimum Gasteiger partial charge on any atom is -0.486 e. The second kappa shape index (κ2) is 5.22. The molecule has 0 aliphatic carbocycles. The quantitative estimate of drug-likeness (QED) is 0.939. The standard InChI is InChI=1S/C12H8BrFO4/c13-9-3-1-7(5-10(9)14)17-6-8-2-4-11(18-8)12(15)16/h1-5H,6H2,(H,15,16). The van der Waals surface area contributed by atoms with Gasteiger partial charge in [0.15, 0.2) is 0 Å². The molecule has 0 atom stereocenters. The maximum atomic E-state index is 13.2. The number of rotatable bonds is 4. The van der Waals surface area contributed by atoms with Gasteiger partial charge in [0, 0.05) is 6.07 Å². The molecular weight excluding hydrogens is 307 g/mol. The zero-order valence-electron chi connectivity index (χ0n) is 9.02. The average Bonchev–Trinajstić information content (AvgIpc) is 2.79. The third kappa shape index (κ3) is 2.89. The highest BCUT2D eigenvalue weighted by Crippen LogP contribution is 2.22. The van der Waals surface area contributed by atoms with Crippen LogP contribution in [-0.4, -0.2) is 11.1 Å². The number of carbonyl (C=O) groups is 1. The summed E-state index contributed by atoms with van der Waals surface area (Å²) in [5.74, 6) is -1.04. The van der Waals surface area contributed by atoms with Gasteiger partial charge in [0.05, 0.1) is 4.47 Å². The van der Waals surface area contributed by atoms with Gasteiger partial charge >= 0.3 is 5.97 Å². The van der Waals surface area contributed by atoms with Crippen molar-refractivity contribution < 1.29 is 23.4 Å². The van der Waals surface area contributed by atoms with Crippen LogP contribution in [0.1, 0.15) is 16.3 Å². The highest BCUT2D eigenvalue weighted by atomic mass is 79.9. The van der Waals surface area contributed by atoms with Gasteiger partial charge in [0.25, 0.3) is 0 Å². The molecule has 2 aromatic rings. The van der Waals surface area contributed by atoms with E-state index in [-0.39, 0.29) is 12.4 Å². The summed E-state index contributed by atoms with van der Waals surface area (Å²) in [7, 11) is 0. The van der Waals surface area contributed by atoms with E-state index in [1.165, 1.54) is 24.3 Å². The Labute approximate surface area is 110 Å². The van der Waals surface area contributed by atoms with Crippen molar-refractivity contribution in [3.63, 3.8) is 0 Å². The smallest absolute Gasteiger partial charge is 0.371 e. The molecule has 0 unspecified atom stereocenters. The molecule has 18 heavy (non-hydrogen) atoms. The number of furan rings is 1. The van der Waals surface area contributed by atoms with Crippen molar-refractivity contribution in [1.82, 2.24) is 0 Å². The summed E-state index contributed by atoms with van der Waals surface area (Å²) >= 11 is 3.03. The van der Waals surface area contributed by atoms with Crippen molar-refractivity contribution in [2.75, 3.05) is 0 Å². The Balaban J connectivity index is 2.02. The van der Waals surface area contributed by atoms with E-state index in [4.69, 9.17) is 14.3 Å². The molecule has 0 fully saturated rings. The van der Waals surface area contributed by atoms with Crippen LogP contribution in [0.3, 0.4) is 0 Å². The molecule has 1 aromatic heterocycles. The SMILES string of the molecule is O=C(O)c1ccc(COc2ccc(Br)c(F)c2)o1. The monoisotopic (exact) mass is 314 g/mol. The number of aromatic carboxylic acids is 1. The van der Waals surface area contributed by atoms with Gasteiger partial charge in [0.1, 0.15) is 23.9 Å². The maximum Gasteiger partial charge on any atom is 0.371 e. The number of halogens is 2. The van der Waals surface area contributed by atoms with E-state index in [0.29, 0.717) is 16.0 Å². The minimum atomic E-state index is -1.14. The molecule has 2 rings (SSSR count). The third-order valence-corrected chi connectivity index (χ3v) is 2.79. The van der Waals surface area contributed by atoms with Crippen LogP contribution in [0.2, 0.25) is 0 Å². The Morgan fingerprint density at radius 1 is 1.39 bits per heavy atom. The lowest BCUT2D eigenvalue weighted by molar-refractivity contribution is 0.0658. The first-order chi connectivity index (χ1) is 8.56. The predicted molar refractivity (Wildman–Crippen MR) is 64.1 cm³/mol. The second-order valence-electron chi connectivity index (χ2n) is 3.44. The Morgan fingerprint density at radius 3 is 2.78 bits per heavy atom. The van der Waals surface area contributed by atoms with E-state index in [1.807, 2.05) is 0 Å². The zero-order chi connectivity index (χ0) is 13.1. The molecule has 0 saturated heterocycles. The molecule has 0 saturated carbocycles. The van der Waals surface area contributed by atoms with Crippen LogP contribution in [0, 0.1) is 5.82 Å². The minimum absolute atomic E-state index is 0.0361. The number of ether oxygens (including phenoxy) is 1. The van der Waals surface area contributed by atoms with Gasteiger partial charge in [-0.05, 0) is 40.2 Å². The van der Waals surface area contributed by atoms with Gasteiger partial charge in [0.2, 0.25) is 5.76 Å². The molecule has 0 aliphatic heterocycles. The first-order valence-electron chi connectivity index (χ1n) is 4.96. The summed E-state index contributed by atoms with van der Waals surface area (Å²) in [6.07, 6.45) is 0. The highest BCUT2D eigenvalue weighted by molar-refractivity contribution is 9.10. The first-order valence-corrected chi connectivity index (χ1v) is 5.75. The van der Waals surface area contributed by atoms with Gasteiger partial charge in [-0.2, -0.15) is 0 Å². The predicted octanol–water partition coefficient (Wildman–Crippen LogP) is 3.46. The lowest BCUT2D eigenvalue weighted by Gasteiger charge is -2.04. The number of hydrogen-bond donors (Lipinski definition) is 1. The molecule has 4 nitrogen and oxygen atoms in total. The Bertz CT molecular complexity index is 579. The third-order valence-electron chi connectivity index (χ3n) is 2.14. The summed E-state index contributed by atoms with van der Waals surface area (Å²) in [6, 6.07) is 7.18. The van der Waals surface area contributed by atoms with Crippen molar-refractivity contribution in [3.8, 4) is 5.75 Å². The number of benzene rings is 1. The Kier molecular flexibility index (Phi) is 3.66. The summed E-state index contributed by atoms with van der Waals surface area (Å²) in [4.78, 5) is 10.6. The fraction of sp³-hybridized carbons (Fsp3) is 0.0833. The summed E-state index contributed by atoms with van der Waals surface area (Å²) in [6.45, 7) is 0.0361. The maximum absolute atomic E-state index is 13.2. The van der Waals surface area contributed by atoms with Crippen LogP contribution in [0.5, 0.6) is 5.75 Å². The van der Waals surface area contributed by atoms with E-state index < -0.39 is 11.8 Å². The van der Waals surface area contributed by atoms with Gasteiger partial charge in [-0.15, -0.1) is 0 Å². The van der Waals surface area contributed by atoms with Crippen LogP contribution in [0.25, 0.3) is 0 Å². The summed E-state index contributed by atoms with van der Waals surface area (Å²) < 4.78 is 23.8. The van der Waals surface area contributed by atoms with Crippen LogP contribution in [-0.2, 0) is 6.61 Å². The zero-order valence-corrected chi connectivity index (χ0v) is 10.6. The number of carboxylic acids is 1. The summed E-state index contributed by atoms with van der Waals surface area (Å²) in [5, 5.41) is 8.66. The molecule has 94 valence electrons. The van der Waals surface area contributed by atoms with Crippen LogP contribution >= 0.6 is 15.9 Å². The Hall–Kier alpha value is -1.82. The van der Waals surface area contributed by atoms with E-state index in [9.17, 15) is 9.18 Å². The fourth-order valence-corrected chi connectivity index (χ4v) is 1.54. The molecule has 0 bridgehead atoms. The molecule has 1 heterocycles. The van der Waals surface area contributed by atoms with Gasteiger partial charge in [-0.1, -0.05) is 0 Å². The van der Waals surface area contributed by atoms with Gasteiger partial charge in [-0.25, -0.2) is 9.18 Å². The Morgan fingerprint density at radius 2 is 2.17 bits per heavy atom. The van der Waals surface area contributed by atoms with E-state index in [0.717, 1.165) is 0 Å². The van der Waals surface area contributed by atoms with E-state index in [2.05, 4.69) is 15.9 Å². The molecule has 1 aromatic carbocycles. The van der Waals surface area contributed by atoms with Crippen molar-refractivity contribution in [2.24, 2.45) is 0 Å². The van der Waals surface area contributed by atoms with Gasteiger partial charge in [-0.3, -0.25) is 0 Å². The van der Waals surface area contributed by atoms with Crippen molar-refractivity contribution >= 4 is 21.9 Å². The van der Waals surface area contributed by atoms with Crippen LogP contribution in [0.15, 0.2) is 39.2 Å². The first kappa shape index (κ1) is 12.6. The summed E-state index contributed by atoms with van der Waals surface area (Å²) in [5.41, 5.74) is 0. The van der Waals surface area contributed by atoms with E-state index >= 15 is 0 Å². The normalized spacial score (nSPS) is 10.3. The number of carboxylic acid groups (broad SMARTS) is 1. The van der Waals surface area contributed by atoms with Crippen molar-refractivity contribution in [1.29, 1.82) is 0 Å². The second-order valence-corrected chi connectivity index (χ2v) is 4.29. The molecule has 0 aliphatic rings.